The molecule has 28 heavy (non-hydrogen) atoms. The zero-order valence-electron chi connectivity index (χ0n) is 16.7. The van der Waals surface area contributed by atoms with Gasteiger partial charge in [-0.3, -0.25) is 9.59 Å². The summed E-state index contributed by atoms with van der Waals surface area (Å²) in [7, 11) is 0. The molecule has 0 aliphatic carbocycles. The van der Waals surface area contributed by atoms with E-state index in [2.05, 4.69) is 21.7 Å². The van der Waals surface area contributed by atoms with Gasteiger partial charge in [-0.25, -0.2) is 0 Å². The van der Waals surface area contributed by atoms with Crippen LogP contribution in [0.25, 0.3) is 10.9 Å². The first-order valence-electron chi connectivity index (χ1n) is 9.63. The second kappa shape index (κ2) is 8.74. The van der Waals surface area contributed by atoms with Crippen LogP contribution < -0.4 is 10.6 Å². The van der Waals surface area contributed by atoms with E-state index in [1.54, 1.807) is 0 Å². The molecule has 1 aromatic heterocycles. The fraction of sp³-hybridized carbons (Fsp3) is 0.304. The van der Waals surface area contributed by atoms with Gasteiger partial charge in [0, 0.05) is 29.2 Å². The van der Waals surface area contributed by atoms with Gasteiger partial charge in [-0.1, -0.05) is 35.9 Å². The molecule has 0 bridgehead atoms. The molecular formula is C23H27N3O2. The van der Waals surface area contributed by atoms with Crippen molar-refractivity contribution in [1.29, 1.82) is 0 Å². The average Bonchev–Trinajstić information content (AvgIpc) is 3.06. The van der Waals surface area contributed by atoms with Crippen LogP contribution >= 0.6 is 0 Å². The van der Waals surface area contributed by atoms with Crippen LogP contribution in [0.15, 0.2) is 42.6 Å². The van der Waals surface area contributed by atoms with Crippen LogP contribution in [0, 0.1) is 20.8 Å². The summed E-state index contributed by atoms with van der Waals surface area (Å²) in [6, 6.07) is 12.2. The van der Waals surface area contributed by atoms with Gasteiger partial charge in [-0.15, -0.1) is 0 Å². The third-order valence-corrected chi connectivity index (χ3v) is 4.91. The standard InChI is InChI=1S/C23H27N3O2/c1-15-11-16(2)23(17(3)12-15)26-22(28)14-25-21(27)10-6-7-18-13-24-20-9-5-4-8-19(18)20/h4-5,8-9,11-13,24H,6-7,10,14H2,1-3H3,(H,25,27)(H,26,28). The number of amides is 2. The van der Waals surface area contributed by atoms with Gasteiger partial charge in [0.15, 0.2) is 0 Å². The topological polar surface area (TPSA) is 74.0 Å². The first-order chi connectivity index (χ1) is 13.4. The van der Waals surface area contributed by atoms with E-state index in [0.717, 1.165) is 40.7 Å². The summed E-state index contributed by atoms with van der Waals surface area (Å²) >= 11 is 0. The van der Waals surface area contributed by atoms with Crippen LogP contribution in [-0.4, -0.2) is 23.3 Å². The monoisotopic (exact) mass is 377 g/mol. The first kappa shape index (κ1) is 19.7. The minimum atomic E-state index is -0.208. The Hall–Kier alpha value is -3.08. The fourth-order valence-corrected chi connectivity index (χ4v) is 3.61. The van der Waals surface area contributed by atoms with Crippen molar-refractivity contribution in [3.8, 4) is 0 Å². The van der Waals surface area contributed by atoms with Crippen LogP contribution in [0.2, 0.25) is 0 Å². The summed E-state index contributed by atoms with van der Waals surface area (Å²) in [5.74, 6) is -0.313. The number of hydrogen-bond donors (Lipinski definition) is 3. The molecule has 0 spiro atoms. The number of fused-ring (bicyclic) bond motifs is 1. The molecular weight excluding hydrogens is 350 g/mol. The molecule has 3 rings (SSSR count). The summed E-state index contributed by atoms with van der Waals surface area (Å²) in [4.78, 5) is 27.5. The Labute approximate surface area is 165 Å². The van der Waals surface area contributed by atoms with E-state index < -0.39 is 0 Å². The van der Waals surface area contributed by atoms with Crippen molar-refractivity contribution in [1.82, 2.24) is 10.3 Å². The summed E-state index contributed by atoms with van der Waals surface area (Å²) in [6.45, 7) is 5.96. The minimum Gasteiger partial charge on any atom is -0.361 e. The Balaban J connectivity index is 1.43. The first-order valence-corrected chi connectivity index (χ1v) is 9.63. The number of hydrogen-bond acceptors (Lipinski definition) is 2. The molecule has 0 aliphatic rings. The molecule has 0 radical (unpaired) electrons. The van der Waals surface area contributed by atoms with E-state index in [1.807, 2.05) is 57.3 Å². The van der Waals surface area contributed by atoms with Crippen LogP contribution in [-0.2, 0) is 16.0 Å². The molecule has 0 aliphatic heterocycles. The number of aromatic nitrogens is 1. The van der Waals surface area contributed by atoms with E-state index in [0.29, 0.717) is 6.42 Å². The van der Waals surface area contributed by atoms with Gasteiger partial charge in [0.1, 0.15) is 0 Å². The van der Waals surface area contributed by atoms with Crippen molar-refractivity contribution >= 4 is 28.4 Å². The number of aryl methyl sites for hydroxylation is 4. The van der Waals surface area contributed by atoms with Gasteiger partial charge < -0.3 is 15.6 Å². The molecule has 5 nitrogen and oxygen atoms in total. The van der Waals surface area contributed by atoms with Crippen molar-refractivity contribution < 1.29 is 9.59 Å². The smallest absolute Gasteiger partial charge is 0.243 e. The highest BCUT2D eigenvalue weighted by Crippen LogP contribution is 2.22. The number of rotatable bonds is 7. The van der Waals surface area contributed by atoms with Crippen LogP contribution in [0.3, 0.4) is 0 Å². The van der Waals surface area contributed by atoms with Gasteiger partial charge in [-0.05, 0) is 56.4 Å². The van der Waals surface area contributed by atoms with Gasteiger partial charge >= 0.3 is 0 Å². The lowest BCUT2D eigenvalue weighted by molar-refractivity contribution is -0.124. The second-order valence-corrected chi connectivity index (χ2v) is 7.31. The number of H-pyrrole nitrogens is 1. The van der Waals surface area contributed by atoms with E-state index in [9.17, 15) is 9.59 Å². The highest BCUT2D eigenvalue weighted by atomic mass is 16.2. The lowest BCUT2D eigenvalue weighted by atomic mass is 10.1. The zero-order valence-corrected chi connectivity index (χ0v) is 16.7. The lowest BCUT2D eigenvalue weighted by Crippen LogP contribution is -2.33. The van der Waals surface area contributed by atoms with E-state index >= 15 is 0 Å². The number of anilines is 1. The third kappa shape index (κ3) is 4.80. The fourth-order valence-electron chi connectivity index (χ4n) is 3.61. The normalized spacial score (nSPS) is 10.8. The number of aromatic amines is 1. The predicted molar refractivity (Wildman–Crippen MR) is 114 cm³/mol. The zero-order chi connectivity index (χ0) is 20.1. The maximum atomic E-state index is 12.2. The van der Waals surface area contributed by atoms with Crippen molar-refractivity contribution in [2.75, 3.05) is 11.9 Å². The average molecular weight is 377 g/mol. The van der Waals surface area contributed by atoms with Gasteiger partial charge in [0.2, 0.25) is 11.8 Å². The Bertz CT molecular complexity index is 981. The van der Waals surface area contributed by atoms with E-state index in [-0.39, 0.29) is 18.4 Å². The quantitative estimate of drug-likeness (QED) is 0.578. The maximum Gasteiger partial charge on any atom is 0.243 e. The molecule has 3 aromatic rings. The van der Waals surface area contributed by atoms with E-state index in [1.165, 1.54) is 10.9 Å². The molecule has 2 aromatic carbocycles. The number of para-hydroxylation sites is 1. The molecule has 1 heterocycles. The number of benzene rings is 2. The molecule has 0 unspecified atom stereocenters. The number of carbonyl (C=O) groups is 2. The molecule has 3 N–H and O–H groups in total. The lowest BCUT2D eigenvalue weighted by Gasteiger charge is -2.13. The molecule has 0 saturated heterocycles. The summed E-state index contributed by atoms with van der Waals surface area (Å²) in [5.41, 5.74) is 6.36. The molecule has 0 saturated carbocycles. The van der Waals surface area contributed by atoms with Gasteiger partial charge in [0.05, 0.1) is 6.54 Å². The predicted octanol–water partition coefficient (Wildman–Crippen LogP) is 4.17. The van der Waals surface area contributed by atoms with Crippen molar-refractivity contribution in [2.45, 2.75) is 40.0 Å². The van der Waals surface area contributed by atoms with Crippen LogP contribution in [0.1, 0.15) is 35.1 Å². The highest BCUT2D eigenvalue weighted by molar-refractivity contribution is 5.95. The Morgan fingerprint density at radius 2 is 1.71 bits per heavy atom. The Kier molecular flexibility index (Phi) is 6.14. The van der Waals surface area contributed by atoms with Crippen molar-refractivity contribution in [2.24, 2.45) is 0 Å². The minimum absolute atomic E-state index is 0.0152. The van der Waals surface area contributed by atoms with E-state index in [4.69, 9.17) is 0 Å². The molecule has 0 atom stereocenters. The number of carbonyl (C=O) groups excluding carboxylic acids is 2. The molecule has 0 fully saturated rings. The highest BCUT2D eigenvalue weighted by Gasteiger charge is 2.10. The van der Waals surface area contributed by atoms with Crippen molar-refractivity contribution in [3.05, 3.63) is 64.8 Å². The maximum absolute atomic E-state index is 12.2. The summed E-state index contributed by atoms with van der Waals surface area (Å²) in [5, 5.41) is 6.81. The summed E-state index contributed by atoms with van der Waals surface area (Å²) in [6.07, 6.45) is 3.97. The third-order valence-electron chi connectivity index (χ3n) is 4.91. The molecule has 146 valence electrons. The molecule has 2 amide bonds. The van der Waals surface area contributed by atoms with Crippen LogP contribution in [0.4, 0.5) is 5.69 Å². The Morgan fingerprint density at radius 3 is 2.46 bits per heavy atom. The largest absolute Gasteiger partial charge is 0.361 e. The summed E-state index contributed by atoms with van der Waals surface area (Å²) < 4.78 is 0. The Morgan fingerprint density at radius 1 is 1.00 bits per heavy atom. The number of nitrogens with one attached hydrogen (secondary N) is 3. The second-order valence-electron chi connectivity index (χ2n) is 7.31. The molecule has 5 heteroatoms. The van der Waals surface area contributed by atoms with Gasteiger partial charge in [0.25, 0.3) is 0 Å². The van der Waals surface area contributed by atoms with Crippen LogP contribution in [0.5, 0.6) is 0 Å². The van der Waals surface area contributed by atoms with Gasteiger partial charge in [-0.2, -0.15) is 0 Å². The SMILES string of the molecule is Cc1cc(C)c(NC(=O)CNC(=O)CCCc2c[nH]c3ccccc23)c(C)c1. The van der Waals surface area contributed by atoms with Crippen molar-refractivity contribution in [3.63, 3.8) is 0 Å².